The molecular weight excluding hydrogens is 464 g/mol. The van der Waals surface area contributed by atoms with Gasteiger partial charge in [0.1, 0.15) is 18.4 Å². The predicted molar refractivity (Wildman–Crippen MR) is 135 cm³/mol. The number of benzene rings is 3. The molecule has 0 spiro atoms. The van der Waals surface area contributed by atoms with Gasteiger partial charge in [-0.15, -0.1) is 0 Å². The van der Waals surface area contributed by atoms with Gasteiger partial charge in [0.25, 0.3) is 15.9 Å². The molecule has 0 radical (unpaired) electrons. The number of nitriles is 1. The SMILES string of the molecule is Cc1ccc(S(=O)(=O)N(CC(=O)N/N=C\c2ccc(OCC#N)cc2)c2cc(C)cc(C)c2)cc1. The number of hydrogen-bond acceptors (Lipinski definition) is 6. The molecule has 0 atom stereocenters. The van der Waals surface area contributed by atoms with Crippen molar-refractivity contribution in [3.63, 3.8) is 0 Å². The number of carbonyl (C=O) groups is 1. The zero-order valence-electron chi connectivity index (χ0n) is 19.7. The van der Waals surface area contributed by atoms with Crippen LogP contribution in [-0.4, -0.2) is 33.7 Å². The molecule has 1 N–H and O–H groups in total. The summed E-state index contributed by atoms with van der Waals surface area (Å²) in [4.78, 5) is 12.8. The van der Waals surface area contributed by atoms with Crippen molar-refractivity contribution in [2.24, 2.45) is 5.10 Å². The molecule has 0 aliphatic rings. The van der Waals surface area contributed by atoms with E-state index in [2.05, 4.69) is 10.5 Å². The number of hydrazone groups is 1. The summed E-state index contributed by atoms with van der Waals surface area (Å²) in [6, 6.07) is 20.5. The molecule has 0 saturated carbocycles. The van der Waals surface area contributed by atoms with Crippen LogP contribution < -0.4 is 14.5 Å². The third-order valence-electron chi connectivity index (χ3n) is 4.98. The van der Waals surface area contributed by atoms with Gasteiger partial charge in [-0.2, -0.15) is 10.4 Å². The molecule has 9 heteroatoms. The lowest BCUT2D eigenvalue weighted by atomic mass is 10.1. The highest BCUT2D eigenvalue weighted by molar-refractivity contribution is 7.92. The molecule has 8 nitrogen and oxygen atoms in total. The Morgan fingerprint density at radius 1 is 1.00 bits per heavy atom. The molecular formula is C26H26N4O4S. The van der Waals surface area contributed by atoms with Gasteiger partial charge in [0.2, 0.25) is 0 Å². The number of nitrogens with one attached hydrogen (secondary N) is 1. The van der Waals surface area contributed by atoms with Crippen LogP contribution in [0.4, 0.5) is 5.69 Å². The summed E-state index contributed by atoms with van der Waals surface area (Å²) in [5.41, 5.74) is 6.17. The Kier molecular flexibility index (Phi) is 8.23. The Hall–Kier alpha value is -4.16. The maximum atomic E-state index is 13.5. The maximum Gasteiger partial charge on any atom is 0.264 e. The normalized spacial score (nSPS) is 11.1. The molecule has 35 heavy (non-hydrogen) atoms. The summed E-state index contributed by atoms with van der Waals surface area (Å²) < 4.78 is 33.2. The van der Waals surface area contributed by atoms with Gasteiger partial charge in [0, 0.05) is 0 Å². The number of amides is 1. The quantitative estimate of drug-likeness (QED) is 0.362. The summed E-state index contributed by atoms with van der Waals surface area (Å²) in [6.45, 7) is 5.11. The minimum atomic E-state index is -4.01. The predicted octanol–water partition coefficient (Wildman–Crippen LogP) is 3.86. The van der Waals surface area contributed by atoms with Crippen molar-refractivity contribution in [1.82, 2.24) is 5.43 Å². The molecule has 0 bridgehead atoms. The molecule has 0 fully saturated rings. The van der Waals surface area contributed by atoms with Gasteiger partial charge >= 0.3 is 0 Å². The van der Waals surface area contributed by atoms with Crippen LogP contribution in [-0.2, 0) is 14.8 Å². The molecule has 0 aromatic heterocycles. The van der Waals surface area contributed by atoms with Crippen molar-refractivity contribution in [1.29, 1.82) is 5.26 Å². The van der Waals surface area contributed by atoms with E-state index < -0.39 is 22.5 Å². The van der Waals surface area contributed by atoms with Gasteiger partial charge in [-0.25, -0.2) is 13.8 Å². The first kappa shape index (κ1) is 25.5. The Balaban J connectivity index is 1.79. The number of hydrogen-bond donors (Lipinski definition) is 1. The zero-order valence-corrected chi connectivity index (χ0v) is 20.5. The average Bonchev–Trinajstić information content (AvgIpc) is 2.81. The van der Waals surface area contributed by atoms with Crippen LogP contribution in [0.3, 0.4) is 0 Å². The van der Waals surface area contributed by atoms with E-state index in [1.54, 1.807) is 48.5 Å². The molecule has 0 unspecified atom stereocenters. The number of carbonyl (C=O) groups excluding carboxylic acids is 1. The van der Waals surface area contributed by atoms with Crippen LogP contribution in [0, 0.1) is 32.1 Å². The molecule has 3 rings (SSSR count). The molecule has 180 valence electrons. The topological polar surface area (TPSA) is 112 Å². The molecule has 0 saturated heterocycles. The van der Waals surface area contributed by atoms with Crippen LogP contribution in [0.1, 0.15) is 22.3 Å². The highest BCUT2D eigenvalue weighted by atomic mass is 32.2. The van der Waals surface area contributed by atoms with E-state index in [9.17, 15) is 13.2 Å². The third-order valence-corrected chi connectivity index (χ3v) is 6.77. The zero-order chi connectivity index (χ0) is 25.4. The highest BCUT2D eigenvalue weighted by Gasteiger charge is 2.27. The van der Waals surface area contributed by atoms with E-state index in [0.717, 1.165) is 21.0 Å². The number of aryl methyl sites for hydroxylation is 3. The number of rotatable bonds is 9. The van der Waals surface area contributed by atoms with Crippen LogP contribution >= 0.6 is 0 Å². The third kappa shape index (κ3) is 6.91. The van der Waals surface area contributed by atoms with Crippen molar-refractivity contribution >= 4 is 27.8 Å². The first-order valence-electron chi connectivity index (χ1n) is 10.8. The minimum absolute atomic E-state index is 0.0496. The van der Waals surface area contributed by atoms with Gasteiger partial charge < -0.3 is 4.74 Å². The summed E-state index contributed by atoms with van der Waals surface area (Å²) >= 11 is 0. The Labute approximate surface area is 205 Å². The van der Waals surface area contributed by atoms with Crippen molar-refractivity contribution in [3.05, 3.63) is 89.0 Å². The summed E-state index contributed by atoms with van der Waals surface area (Å²) in [5, 5.41) is 12.5. The summed E-state index contributed by atoms with van der Waals surface area (Å²) in [7, 11) is -4.01. The molecule has 3 aromatic rings. The minimum Gasteiger partial charge on any atom is -0.479 e. The van der Waals surface area contributed by atoms with Crippen molar-refractivity contribution in [2.75, 3.05) is 17.5 Å². The number of sulfonamides is 1. The molecule has 0 aliphatic carbocycles. The van der Waals surface area contributed by atoms with Crippen molar-refractivity contribution in [2.45, 2.75) is 25.7 Å². The van der Waals surface area contributed by atoms with Gasteiger partial charge in [0.05, 0.1) is 16.8 Å². The second-order valence-corrected chi connectivity index (χ2v) is 9.84. The molecule has 3 aromatic carbocycles. The van der Waals surface area contributed by atoms with E-state index in [0.29, 0.717) is 17.0 Å². The van der Waals surface area contributed by atoms with Crippen LogP contribution in [0.2, 0.25) is 0 Å². The van der Waals surface area contributed by atoms with Crippen LogP contribution in [0.25, 0.3) is 0 Å². The van der Waals surface area contributed by atoms with Gasteiger partial charge in [0.15, 0.2) is 6.61 Å². The van der Waals surface area contributed by atoms with Crippen molar-refractivity contribution in [3.8, 4) is 11.8 Å². The van der Waals surface area contributed by atoms with Crippen molar-refractivity contribution < 1.29 is 17.9 Å². The maximum absolute atomic E-state index is 13.5. The largest absolute Gasteiger partial charge is 0.479 e. The summed E-state index contributed by atoms with van der Waals surface area (Å²) in [6.07, 6.45) is 1.43. The highest BCUT2D eigenvalue weighted by Crippen LogP contribution is 2.26. The van der Waals surface area contributed by atoms with E-state index in [4.69, 9.17) is 10.00 Å². The summed E-state index contributed by atoms with van der Waals surface area (Å²) in [5.74, 6) is -0.0526. The van der Waals surface area contributed by atoms with E-state index in [-0.39, 0.29) is 11.5 Å². The number of nitrogens with zero attached hydrogens (tertiary/aromatic N) is 3. The molecule has 1 amide bonds. The lowest BCUT2D eigenvalue weighted by Crippen LogP contribution is -2.39. The first-order valence-corrected chi connectivity index (χ1v) is 12.2. The second kappa shape index (κ2) is 11.3. The molecule has 0 heterocycles. The first-order chi connectivity index (χ1) is 16.7. The van der Waals surface area contributed by atoms with Gasteiger partial charge in [-0.05, 0) is 86.0 Å². The Morgan fingerprint density at radius 2 is 1.63 bits per heavy atom. The number of anilines is 1. The lowest BCUT2D eigenvalue weighted by Gasteiger charge is -2.24. The fraction of sp³-hybridized carbons (Fsp3) is 0.192. The number of ether oxygens (including phenoxy) is 1. The smallest absolute Gasteiger partial charge is 0.264 e. The van der Waals surface area contributed by atoms with Gasteiger partial charge in [-0.1, -0.05) is 23.8 Å². The standard InChI is InChI=1S/C26H26N4O4S/c1-19-4-10-25(11-5-19)35(32,33)30(23-15-20(2)14-21(3)16-23)18-26(31)29-28-17-22-6-8-24(9-7-22)34-13-12-27/h4-11,14-17H,13,18H2,1-3H3,(H,29,31)/b28-17-. The Morgan fingerprint density at radius 3 is 2.23 bits per heavy atom. The van der Waals surface area contributed by atoms with E-state index >= 15 is 0 Å². The monoisotopic (exact) mass is 490 g/mol. The average molecular weight is 491 g/mol. The second-order valence-electron chi connectivity index (χ2n) is 7.98. The fourth-order valence-electron chi connectivity index (χ4n) is 3.36. The van der Waals surface area contributed by atoms with E-state index in [1.807, 2.05) is 32.9 Å². The van der Waals surface area contributed by atoms with E-state index in [1.165, 1.54) is 18.3 Å². The van der Waals surface area contributed by atoms with Gasteiger partial charge in [-0.3, -0.25) is 9.10 Å². The van der Waals surface area contributed by atoms with Crippen LogP contribution in [0.15, 0.2) is 76.7 Å². The van der Waals surface area contributed by atoms with Crippen LogP contribution in [0.5, 0.6) is 5.75 Å². The fourth-order valence-corrected chi connectivity index (χ4v) is 4.76. The lowest BCUT2D eigenvalue weighted by molar-refractivity contribution is -0.119. The Bertz CT molecular complexity index is 1340. The molecule has 0 aliphatic heterocycles.